The summed E-state index contributed by atoms with van der Waals surface area (Å²) >= 11 is 0. The highest BCUT2D eigenvalue weighted by Gasteiger charge is 2.42. The zero-order chi connectivity index (χ0) is 20.3. The highest BCUT2D eigenvalue weighted by molar-refractivity contribution is 6.15. The van der Waals surface area contributed by atoms with Gasteiger partial charge in [-0.15, -0.1) is 0 Å². The summed E-state index contributed by atoms with van der Waals surface area (Å²) in [5, 5.41) is 0. The molecule has 0 saturated heterocycles. The van der Waals surface area contributed by atoms with Crippen LogP contribution in [0.15, 0.2) is 54.3 Å². The molecule has 0 saturated carbocycles. The lowest BCUT2D eigenvalue weighted by atomic mass is 9.97. The fourth-order valence-corrected chi connectivity index (χ4v) is 2.70. The maximum atomic E-state index is 13.1. The first-order valence-corrected chi connectivity index (χ1v) is 8.20. The lowest BCUT2D eigenvalue weighted by Gasteiger charge is -2.35. The summed E-state index contributed by atoms with van der Waals surface area (Å²) in [4.78, 5) is 37.5. The third-order valence-electron chi connectivity index (χ3n) is 4.06. The van der Waals surface area contributed by atoms with Crippen LogP contribution in [0.3, 0.4) is 0 Å². The second kappa shape index (κ2) is 7.91. The lowest BCUT2D eigenvalue weighted by molar-refractivity contribution is -0.145. The van der Waals surface area contributed by atoms with Gasteiger partial charge in [-0.05, 0) is 30.3 Å². The van der Waals surface area contributed by atoms with Crippen molar-refractivity contribution in [2.24, 2.45) is 0 Å². The van der Waals surface area contributed by atoms with E-state index >= 15 is 0 Å². The highest BCUT2D eigenvalue weighted by atomic mass is 19.1. The Hall–Kier alpha value is -3.68. The summed E-state index contributed by atoms with van der Waals surface area (Å²) in [6.45, 7) is -0.351. The Morgan fingerprint density at radius 3 is 2.32 bits per heavy atom. The molecule has 7 nitrogen and oxygen atoms in total. The molecule has 1 aliphatic heterocycles. The van der Waals surface area contributed by atoms with E-state index in [9.17, 15) is 18.8 Å². The van der Waals surface area contributed by atoms with Gasteiger partial charge in [0.2, 0.25) is 5.76 Å². The van der Waals surface area contributed by atoms with Gasteiger partial charge in [0.15, 0.2) is 0 Å². The van der Waals surface area contributed by atoms with Gasteiger partial charge in [-0.1, -0.05) is 18.2 Å². The molecule has 1 heterocycles. The molecule has 3 rings (SSSR count). The molecular weight excluding hydrogens is 369 g/mol. The Morgan fingerprint density at radius 2 is 1.68 bits per heavy atom. The van der Waals surface area contributed by atoms with Gasteiger partial charge < -0.3 is 14.2 Å². The van der Waals surface area contributed by atoms with Crippen LogP contribution in [-0.2, 0) is 19.1 Å². The molecule has 2 aromatic rings. The van der Waals surface area contributed by atoms with E-state index in [0.29, 0.717) is 5.56 Å². The Labute approximate surface area is 159 Å². The Balaban J connectivity index is 2.07. The minimum absolute atomic E-state index is 0.0770. The Kier molecular flexibility index (Phi) is 5.39. The third-order valence-corrected chi connectivity index (χ3v) is 4.06. The first-order valence-electron chi connectivity index (χ1n) is 8.20. The molecule has 0 bridgehead atoms. The van der Waals surface area contributed by atoms with Crippen LogP contribution >= 0.6 is 0 Å². The normalized spacial score (nSPS) is 13.1. The van der Waals surface area contributed by atoms with Gasteiger partial charge in [0.05, 0.1) is 19.8 Å². The predicted octanol–water partition coefficient (Wildman–Crippen LogP) is 2.38. The monoisotopic (exact) mass is 385 g/mol. The van der Waals surface area contributed by atoms with Crippen molar-refractivity contribution in [2.75, 3.05) is 20.8 Å². The summed E-state index contributed by atoms with van der Waals surface area (Å²) in [5.41, 5.74) is 0.790. The molecule has 1 amide bonds. The van der Waals surface area contributed by atoms with Crippen molar-refractivity contribution in [3.05, 3.63) is 71.2 Å². The minimum Gasteiger partial charge on any atom is -0.468 e. The van der Waals surface area contributed by atoms with E-state index in [0.717, 1.165) is 4.90 Å². The van der Waals surface area contributed by atoms with Crippen molar-refractivity contribution in [3.63, 3.8) is 0 Å². The molecule has 0 unspecified atom stereocenters. The molecule has 8 heteroatoms. The number of ether oxygens (including phenoxy) is 3. The summed E-state index contributed by atoms with van der Waals surface area (Å²) in [6, 6.07) is 11.5. The smallest absolute Gasteiger partial charge is 0.338 e. The number of hydrogen-bond donors (Lipinski definition) is 0. The summed E-state index contributed by atoms with van der Waals surface area (Å²) in [7, 11) is 2.44. The fourth-order valence-electron chi connectivity index (χ4n) is 2.70. The largest absolute Gasteiger partial charge is 0.468 e. The van der Waals surface area contributed by atoms with Crippen LogP contribution in [0.25, 0.3) is 5.70 Å². The number of carbonyl (C=O) groups is 3. The standard InChI is InChI=1S/C20H16FNO6/c1-26-16(23)11-22-17(14-5-3-4-6-15(14)20(25)27-2)18(19(22)24)28-13-9-7-12(21)8-10-13/h3-10H,11H2,1-2H3. The molecule has 1 aliphatic rings. The number of hydrogen-bond acceptors (Lipinski definition) is 6. The molecule has 0 radical (unpaired) electrons. The van der Waals surface area contributed by atoms with Crippen LogP contribution in [0, 0.1) is 5.82 Å². The topological polar surface area (TPSA) is 82.1 Å². The van der Waals surface area contributed by atoms with E-state index in [1.54, 1.807) is 18.2 Å². The average Bonchev–Trinajstić information content (AvgIpc) is 2.73. The van der Waals surface area contributed by atoms with Gasteiger partial charge in [0, 0.05) is 5.56 Å². The van der Waals surface area contributed by atoms with Crippen molar-refractivity contribution in [2.45, 2.75) is 0 Å². The number of carbonyl (C=O) groups excluding carboxylic acids is 3. The number of halogens is 1. The number of rotatable bonds is 6. The second-order valence-corrected chi connectivity index (χ2v) is 5.74. The van der Waals surface area contributed by atoms with E-state index in [1.165, 1.54) is 44.6 Å². The SMILES string of the molecule is COC(=O)CN1C(=O)C(Oc2ccc(F)cc2)=C1c1ccccc1C(=O)OC. The number of methoxy groups -OCH3 is 2. The first-order chi connectivity index (χ1) is 13.5. The predicted molar refractivity (Wildman–Crippen MR) is 95.5 cm³/mol. The molecule has 0 N–H and O–H groups in total. The van der Waals surface area contributed by atoms with Gasteiger partial charge in [0.25, 0.3) is 5.91 Å². The lowest BCUT2D eigenvalue weighted by Crippen LogP contribution is -2.46. The molecule has 0 spiro atoms. The molecule has 0 aliphatic carbocycles. The molecule has 2 aromatic carbocycles. The molecule has 144 valence electrons. The number of amides is 1. The van der Waals surface area contributed by atoms with Gasteiger partial charge >= 0.3 is 11.9 Å². The zero-order valence-electron chi connectivity index (χ0n) is 15.1. The molecule has 0 aromatic heterocycles. The number of esters is 2. The third kappa shape index (κ3) is 3.57. The molecule has 0 fully saturated rings. The van der Waals surface area contributed by atoms with Crippen LogP contribution in [0.4, 0.5) is 4.39 Å². The first kappa shape index (κ1) is 19.1. The van der Waals surface area contributed by atoms with E-state index in [2.05, 4.69) is 4.74 Å². The van der Waals surface area contributed by atoms with Crippen LogP contribution in [0.5, 0.6) is 5.75 Å². The van der Waals surface area contributed by atoms with Gasteiger partial charge in [-0.2, -0.15) is 0 Å². The number of nitrogens with zero attached hydrogens (tertiary/aromatic N) is 1. The number of benzene rings is 2. The Bertz CT molecular complexity index is 967. The van der Waals surface area contributed by atoms with Crippen molar-refractivity contribution in [1.82, 2.24) is 4.90 Å². The van der Waals surface area contributed by atoms with Gasteiger partial charge in [0.1, 0.15) is 23.8 Å². The van der Waals surface area contributed by atoms with Crippen molar-refractivity contribution in [1.29, 1.82) is 0 Å². The van der Waals surface area contributed by atoms with Crippen LogP contribution in [0.1, 0.15) is 15.9 Å². The summed E-state index contributed by atoms with van der Waals surface area (Å²) in [6.07, 6.45) is 0. The zero-order valence-corrected chi connectivity index (χ0v) is 15.1. The van der Waals surface area contributed by atoms with E-state index in [4.69, 9.17) is 9.47 Å². The van der Waals surface area contributed by atoms with Gasteiger partial charge in [-0.3, -0.25) is 14.5 Å². The maximum Gasteiger partial charge on any atom is 0.338 e. The van der Waals surface area contributed by atoms with Crippen molar-refractivity contribution < 1.29 is 33.0 Å². The van der Waals surface area contributed by atoms with Crippen LogP contribution in [-0.4, -0.2) is 43.5 Å². The quantitative estimate of drug-likeness (QED) is 0.710. The minimum atomic E-state index is -0.637. The van der Waals surface area contributed by atoms with E-state index in [1.807, 2.05) is 0 Å². The van der Waals surface area contributed by atoms with Crippen LogP contribution in [0.2, 0.25) is 0 Å². The maximum absolute atomic E-state index is 13.1. The molecular formula is C20H16FNO6. The van der Waals surface area contributed by atoms with E-state index in [-0.39, 0.29) is 29.3 Å². The van der Waals surface area contributed by atoms with Crippen LogP contribution < -0.4 is 4.74 Å². The molecule has 28 heavy (non-hydrogen) atoms. The molecule has 0 atom stereocenters. The average molecular weight is 385 g/mol. The van der Waals surface area contributed by atoms with Crippen molar-refractivity contribution in [3.8, 4) is 5.75 Å². The Morgan fingerprint density at radius 1 is 1.00 bits per heavy atom. The summed E-state index contributed by atoms with van der Waals surface area (Å²) < 4.78 is 28.1. The summed E-state index contributed by atoms with van der Waals surface area (Å²) in [5.74, 6) is -2.11. The van der Waals surface area contributed by atoms with E-state index < -0.39 is 23.7 Å². The highest BCUT2D eigenvalue weighted by Crippen LogP contribution is 2.37. The van der Waals surface area contributed by atoms with Gasteiger partial charge in [-0.25, -0.2) is 9.18 Å². The second-order valence-electron chi connectivity index (χ2n) is 5.74. The van der Waals surface area contributed by atoms with Crippen molar-refractivity contribution >= 4 is 23.5 Å². The fraction of sp³-hybridized carbons (Fsp3) is 0.150.